The van der Waals surface area contributed by atoms with Gasteiger partial charge in [-0.3, -0.25) is 15.3 Å². The van der Waals surface area contributed by atoms with E-state index in [1.54, 1.807) is 36.4 Å². The van der Waals surface area contributed by atoms with Gasteiger partial charge in [0.15, 0.2) is 0 Å². The van der Waals surface area contributed by atoms with Gasteiger partial charge in [0.25, 0.3) is 0 Å². The molecular formula is C16H13ClFN3O2. The Morgan fingerprint density at radius 1 is 1.30 bits per heavy atom. The van der Waals surface area contributed by atoms with E-state index in [9.17, 15) is 9.60 Å². The maximum Gasteiger partial charge on any atom is 0.132 e. The van der Waals surface area contributed by atoms with Crippen molar-refractivity contribution in [2.75, 3.05) is 6.54 Å². The Morgan fingerprint density at radius 2 is 2.09 bits per heavy atom. The summed E-state index contributed by atoms with van der Waals surface area (Å²) in [5.74, 6) is -0.471. The van der Waals surface area contributed by atoms with Crippen LogP contribution in [0.2, 0.25) is 5.02 Å². The normalized spacial score (nSPS) is 17.8. The minimum Gasteiger partial charge on any atom is -0.411 e. The van der Waals surface area contributed by atoms with Crippen LogP contribution in [0.4, 0.5) is 4.39 Å². The van der Waals surface area contributed by atoms with Crippen LogP contribution in [0, 0.1) is 5.82 Å². The lowest BCUT2D eigenvalue weighted by atomic mass is 10.1. The Kier molecular flexibility index (Phi) is 4.27. The van der Waals surface area contributed by atoms with E-state index in [0.29, 0.717) is 15.6 Å². The summed E-state index contributed by atoms with van der Waals surface area (Å²) >= 11 is 6.05. The van der Waals surface area contributed by atoms with Crippen molar-refractivity contribution in [2.24, 2.45) is 10.1 Å². The van der Waals surface area contributed by atoms with Gasteiger partial charge in [-0.1, -0.05) is 28.9 Å². The van der Waals surface area contributed by atoms with Crippen molar-refractivity contribution >= 4 is 23.5 Å². The number of fused-ring (bicyclic) bond motifs is 1. The maximum absolute atomic E-state index is 14.2. The van der Waals surface area contributed by atoms with Crippen LogP contribution < -0.4 is 10.6 Å². The van der Waals surface area contributed by atoms with Crippen molar-refractivity contribution in [1.29, 1.82) is 0 Å². The van der Waals surface area contributed by atoms with Gasteiger partial charge in [0.1, 0.15) is 11.9 Å². The van der Waals surface area contributed by atoms with Crippen LogP contribution in [-0.4, -0.2) is 34.3 Å². The second-order valence-electron chi connectivity index (χ2n) is 5.03. The number of benzene rings is 2. The first-order valence-corrected chi connectivity index (χ1v) is 7.24. The molecule has 0 amide bonds. The molecule has 7 heteroatoms. The van der Waals surface area contributed by atoms with Gasteiger partial charge in [-0.2, -0.15) is 0 Å². The first-order valence-electron chi connectivity index (χ1n) is 6.86. The third-order valence-corrected chi connectivity index (χ3v) is 3.74. The number of nitrogens with zero attached hydrogens (tertiary/aromatic N) is 3. The Hall–Kier alpha value is -2.44. The highest BCUT2D eigenvalue weighted by molar-refractivity contribution is 6.30. The summed E-state index contributed by atoms with van der Waals surface area (Å²) in [6.07, 6.45) is 1.20. The zero-order chi connectivity index (χ0) is 16.4. The standard InChI is InChI=1S/C16H13ClFN3O2/c17-10-5-6-15-13(7-10)16(12-3-1-2-4-14(12)18)21(23)9-11(20-15)8-19-22/h1-8,11,22-23H,9H2/b19-8-. The summed E-state index contributed by atoms with van der Waals surface area (Å²) in [4.78, 5) is 4.41. The summed E-state index contributed by atoms with van der Waals surface area (Å²) in [5, 5.41) is 24.5. The maximum atomic E-state index is 14.2. The SMILES string of the molecule is O/N=C\C1CN(O)C(c2ccccc2F)=c2cc(Cl)ccc2=N1. The van der Waals surface area contributed by atoms with E-state index < -0.39 is 11.9 Å². The minimum absolute atomic E-state index is 0.0139. The molecule has 1 aliphatic heterocycles. The molecule has 2 aromatic carbocycles. The van der Waals surface area contributed by atoms with E-state index in [4.69, 9.17) is 16.8 Å². The van der Waals surface area contributed by atoms with Gasteiger partial charge in [0.05, 0.1) is 23.8 Å². The fourth-order valence-corrected chi connectivity index (χ4v) is 2.70. The van der Waals surface area contributed by atoms with Crippen molar-refractivity contribution in [3.63, 3.8) is 0 Å². The minimum atomic E-state index is -0.589. The van der Waals surface area contributed by atoms with Crippen LogP contribution in [0.15, 0.2) is 52.6 Å². The highest BCUT2D eigenvalue weighted by Crippen LogP contribution is 2.19. The second-order valence-corrected chi connectivity index (χ2v) is 5.47. The fourth-order valence-electron chi connectivity index (χ4n) is 2.53. The molecule has 1 atom stereocenters. The third-order valence-electron chi connectivity index (χ3n) is 3.50. The first-order chi connectivity index (χ1) is 11.1. The average molecular weight is 334 g/mol. The van der Waals surface area contributed by atoms with Crippen molar-refractivity contribution in [3.05, 3.63) is 69.4 Å². The van der Waals surface area contributed by atoms with E-state index >= 15 is 0 Å². The van der Waals surface area contributed by atoms with E-state index in [0.717, 1.165) is 5.06 Å². The smallest absolute Gasteiger partial charge is 0.132 e. The van der Waals surface area contributed by atoms with Gasteiger partial charge in [-0.05, 0) is 30.3 Å². The quantitative estimate of drug-likeness (QED) is 0.500. The van der Waals surface area contributed by atoms with E-state index in [1.807, 2.05) is 0 Å². The van der Waals surface area contributed by atoms with Crippen LogP contribution in [0.1, 0.15) is 5.56 Å². The van der Waals surface area contributed by atoms with Crippen molar-refractivity contribution in [1.82, 2.24) is 5.06 Å². The molecule has 23 heavy (non-hydrogen) atoms. The Bertz CT molecular complexity index is 885. The Labute approximate surface area is 136 Å². The molecule has 0 fully saturated rings. The summed E-state index contributed by atoms with van der Waals surface area (Å²) in [6.45, 7) is 0.0139. The summed E-state index contributed by atoms with van der Waals surface area (Å²) in [6, 6.07) is 10.5. The molecule has 3 rings (SSSR count). The largest absolute Gasteiger partial charge is 0.411 e. The van der Waals surface area contributed by atoms with E-state index in [2.05, 4.69) is 10.1 Å². The predicted molar refractivity (Wildman–Crippen MR) is 83.7 cm³/mol. The lowest BCUT2D eigenvalue weighted by Crippen LogP contribution is -2.32. The Balaban J connectivity index is 2.38. The van der Waals surface area contributed by atoms with Gasteiger partial charge in [-0.15, -0.1) is 0 Å². The molecular weight excluding hydrogens is 321 g/mol. The fraction of sp³-hybridized carbons (Fsp3) is 0.125. The van der Waals surface area contributed by atoms with Gasteiger partial charge in [-0.25, -0.2) is 4.39 Å². The highest BCUT2D eigenvalue weighted by atomic mass is 35.5. The lowest BCUT2D eigenvalue weighted by Gasteiger charge is -2.21. The number of hydroxylamine groups is 2. The molecule has 0 saturated carbocycles. The first kappa shape index (κ1) is 15.5. The van der Waals surface area contributed by atoms with Crippen LogP contribution in [0.3, 0.4) is 0 Å². The molecule has 5 nitrogen and oxygen atoms in total. The number of hydrogen-bond donors (Lipinski definition) is 2. The molecule has 0 bridgehead atoms. The molecule has 1 aliphatic rings. The van der Waals surface area contributed by atoms with Crippen LogP contribution in [0.5, 0.6) is 0 Å². The number of hydrogen-bond acceptors (Lipinski definition) is 5. The van der Waals surface area contributed by atoms with Crippen molar-refractivity contribution in [3.8, 4) is 0 Å². The molecule has 0 spiro atoms. The summed E-state index contributed by atoms with van der Waals surface area (Å²) in [7, 11) is 0. The molecule has 2 aromatic rings. The van der Waals surface area contributed by atoms with Crippen LogP contribution in [-0.2, 0) is 0 Å². The third kappa shape index (κ3) is 3.04. The van der Waals surface area contributed by atoms with Crippen molar-refractivity contribution < 1.29 is 14.8 Å². The number of halogens is 2. The highest BCUT2D eigenvalue weighted by Gasteiger charge is 2.21. The molecule has 118 valence electrons. The second kappa shape index (κ2) is 6.36. The molecule has 0 aliphatic carbocycles. The van der Waals surface area contributed by atoms with Crippen LogP contribution in [0.25, 0.3) is 5.70 Å². The predicted octanol–water partition coefficient (Wildman–Crippen LogP) is 1.79. The zero-order valence-corrected chi connectivity index (χ0v) is 12.7. The molecule has 0 saturated heterocycles. The lowest BCUT2D eigenvalue weighted by molar-refractivity contribution is -0.0274. The van der Waals surface area contributed by atoms with E-state index in [-0.39, 0.29) is 17.8 Å². The number of oxime groups is 1. The molecule has 1 unspecified atom stereocenters. The van der Waals surface area contributed by atoms with Gasteiger partial charge >= 0.3 is 0 Å². The summed E-state index contributed by atoms with van der Waals surface area (Å²) < 4.78 is 14.2. The van der Waals surface area contributed by atoms with Crippen molar-refractivity contribution in [2.45, 2.75) is 6.04 Å². The van der Waals surface area contributed by atoms with E-state index in [1.165, 1.54) is 12.3 Å². The topological polar surface area (TPSA) is 68.4 Å². The number of rotatable bonds is 2. The van der Waals surface area contributed by atoms with Gasteiger partial charge in [0.2, 0.25) is 0 Å². The Morgan fingerprint density at radius 3 is 2.83 bits per heavy atom. The van der Waals surface area contributed by atoms with Gasteiger partial charge in [0, 0.05) is 15.8 Å². The zero-order valence-electron chi connectivity index (χ0n) is 11.9. The summed E-state index contributed by atoms with van der Waals surface area (Å²) in [5.41, 5.74) is 0.494. The molecule has 0 radical (unpaired) electrons. The van der Waals surface area contributed by atoms with Crippen LogP contribution >= 0.6 is 11.6 Å². The molecule has 1 heterocycles. The molecule has 0 aromatic heterocycles. The van der Waals surface area contributed by atoms with Gasteiger partial charge < -0.3 is 5.21 Å². The average Bonchev–Trinajstić information content (AvgIpc) is 2.64. The monoisotopic (exact) mass is 333 g/mol. The molecule has 2 N–H and O–H groups in total.